The second-order valence-electron chi connectivity index (χ2n) is 5.96. The van der Waals surface area contributed by atoms with E-state index in [1.54, 1.807) is 18.4 Å². The highest BCUT2D eigenvalue weighted by molar-refractivity contribution is 14.0. The number of aliphatic imine (C=N–C) groups is 1. The van der Waals surface area contributed by atoms with Crippen LogP contribution in [0.3, 0.4) is 0 Å². The molecule has 0 aliphatic rings. The van der Waals surface area contributed by atoms with Crippen molar-refractivity contribution in [3.63, 3.8) is 0 Å². The van der Waals surface area contributed by atoms with Crippen LogP contribution in [0.2, 0.25) is 5.02 Å². The summed E-state index contributed by atoms with van der Waals surface area (Å²) < 4.78 is 5.33. The lowest BCUT2D eigenvalue weighted by Gasteiger charge is -2.20. The van der Waals surface area contributed by atoms with Crippen molar-refractivity contribution in [1.82, 2.24) is 25.3 Å². The van der Waals surface area contributed by atoms with E-state index in [0.29, 0.717) is 36.2 Å². The molecule has 2 heterocycles. The average Bonchev–Trinajstić information content (AvgIpc) is 3.28. The second-order valence-corrected chi connectivity index (χ2v) is 7.46. The van der Waals surface area contributed by atoms with Gasteiger partial charge in [-0.1, -0.05) is 28.9 Å². The zero-order valence-electron chi connectivity index (χ0n) is 15.8. The van der Waals surface area contributed by atoms with E-state index in [1.165, 1.54) is 0 Å². The van der Waals surface area contributed by atoms with E-state index in [1.807, 2.05) is 43.1 Å². The Morgan fingerprint density at radius 1 is 1.36 bits per heavy atom. The molecule has 1 N–H and O–H groups in total. The van der Waals surface area contributed by atoms with Gasteiger partial charge in [-0.25, -0.2) is 4.98 Å². The predicted molar refractivity (Wildman–Crippen MR) is 124 cm³/mol. The zero-order chi connectivity index (χ0) is 19.2. The van der Waals surface area contributed by atoms with Crippen LogP contribution in [0.5, 0.6) is 0 Å². The summed E-state index contributed by atoms with van der Waals surface area (Å²) in [5, 5.41) is 11.1. The van der Waals surface area contributed by atoms with E-state index in [0.717, 1.165) is 22.2 Å². The van der Waals surface area contributed by atoms with E-state index >= 15 is 0 Å². The molecule has 0 saturated carbocycles. The Kier molecular flexibility index (Phi) is 8.64. The maximum Gasteiger partial charge on any atom is 0.228 e. The SMILES string of the molecule is CN=C(NCCc1nc(-c2cccc(Cl)c2)no1)N(C)Cc1csc(C)n1.I. The van der Waals surface area contributed by atoms with Crippen LogP contribution in [0.15, 0.2) is 39.2 Å². The third-order valence-electron chi connectivity index (χ3n) is 3.81. The summed E-state index contributed by atoms with van der Waals surface area (Å²) in [6.45, 7) is 3.33. The van der Waals surface area contributed by atoms with Crippen LogP contribution in [-0.2, 0) is 13.0 Å². The topological polar surface area (TPSA) is 79.4 Å². The van der Waals surface area contributed by atoms with Gasteiger partial charge in [0.2, 0.25) is 11.7 Å². The van der Waals surface area contributed by atoms with Crippen molar-refractivity contribution in [2.24, 2.45) is 4.99 Å². The molecule has 3 aromatic rings. The molecule has 28 heavy (non-hydrogen) atoms. The number of aromatic nitrogens is 3. The highest BCUT2D eigenvalue weighted by Crippen LogP contribution is 2.19. The number of thiazole rings is 1. The fourth-order valence-corrected chi connectivity index (χ4v) is 3.36. The summed E-state index contributed by atoms with van der Waals surface area (Å²) in [5.41, 5.74) is 1.87. The first-order chi connectivity index (χ1) is 13.0. The van der Waals surface area contributed by atoms with Gasteiger partial charge in [0.05, 0.1) is 17.2 Å². The molecule has 0 bridgehead atoms. The molecule has 0 aliphatic heterocycles. The molecule has 0 fully saturated rings. The molecule has 0 aliphatic carbocycles. The number of aryl methyl sites for hydroxylation is 1. The smallest absolute Gasteiger partial charge is 0.228 e. The molecular formula is C18H22ClIN6OS. The molecule has 0 spiro atoms. The first-order valence-corrected chi connectivity index (χ1v) is 9.72. The lowest BCUT2D eigenvalue weighted by molar-refractivity contribution is 0.377. The van der Waals surface area contributed by atoms with E-state index in [2.05, 4.69) is 30.8 Å². The molecule has 0 saturated heterocycles. The molecule has 3 rings (SSSR count). The fraction of sp³-hybridized carbons (Fsp3) is 0.333. The van der Waals surface area contributed by atoms with Crippen LogP contribution in [0.1, 0.15) is 16.6 Å². The molecule has 0 atom stereocenters. The molecule has 1 aromatic carbocycles. The van der Waals surface area contributed by atoms with Gasteiger partial charge in [0.25, 0.3) is 0 Å². The summed E-state index contributed by atoms with van der Waals surface area (Å²) in [5.74, 6) is 1.88. The molecule has 0 amide bonds. The Balaban J connectivity index is 0.00000280. The molecule has 150 valence electrons. The average molecular weight is 533 g/mol. The molecule has 7 nitrogen and oxygen atoms in total. The minimum Gasteiger partial charge on any atom is -0.356 e. The summed E-state index contributed by atoms with van der Waals surface area (Å²) in [6.07, 6.45) is 0.593. The van der Waals surface area contributed by atoms with Crippen molar-refractivity contribution >= 4 is 52.9 Å². The van der Waals surface area contributed by atoms with Crippen molar-refractivity contribution in [2.45, 2.75) is 19.9 Å². The van der Waals surface area contributed by atoms with Gasteiger partial charge < -0.3 is 14.7 Å². The van der Waals surface area contributed by atoms with E-state index < -0.39 is 0 Å². The van der Waals surface area contributed by atoms with Gasteiger partial charge in [0, 0.05) is 43.0 Å². The predicted octanol–water partition coefficient (Wildman–Crippen LogP) is 4.02. The van der Waals surface area contributed by atoms with Crippen molar-refractivity contribution in [3.8, 4) is 11.4 Å². The van der Waals surface area contributed by atoms with Crippen LogP contribution >= 0.6 is 46.9 Å². The quantitative estimate of drug-likeness (QED) is 0.293. The van der Waals surface area contributed by atoms with Crippen LogP contribution in [0, 0.1) is 6.92 Å². The number of hydrogen-bond acceptors (Lipinski definition) is 6. The van der Waals surface area contributed by atoms with Crippen molar-refractivity contribution in [1.29, 1.82) is 0 Å². The number of benzene rings is 1. The molecule has 2 aromatic heterocycles. The summed E-state index contributed by atoms with van der Waals surface area (Å²) >= 11 is 7.66. The van der Waals surface area contributed by atoms with Crippen molar-refractivity contribution < 1.29 is 4.52 Å². The largest absolute Gasteiger partial charge is 0.356 e. The molecule has 0 unspecified atom stereocenters. The van der Waals surface area contributed by atoms with Gasteiger partial charge in [-0.2, -0.15) is 4.98 Å². The first-order valence-electron chi connectivity index (χ1n) is 8.46. The highest BCUT2D eigenvalue weighted by atomic mass is 127. The minimum atomic E-state index is 0. The summed E-state index contributed by atoms with van der Waals surface area (Å²) in [4.78, 5) is 15.2. The van der Waals surface area contributed by atoms with Crippen LogP contribution in [-0.4, -0.2) is 46.6 Å². The monoisotopic (exact) mass is 532 g/mol. The Morgan fingerprint density at radius 3 is 2.86 bits per heavy atom. The van der Waals surface area contributed by atoms with E-state index in [4.69, 9.17) is 16.1 Å². The molecular weight excluding hydrogens is 511 g/mol. The lowest BCUT2D eigenvalue weighted by Crippen LogP contribution is -2.39. The van der Waals surface area contributed by atoms with Crippen LogP contribution in [0.4, 0.5) is 0 Å². The van der Waals surface area contributed by atoms with Crippen molar-refractivity contribution in [3.05, 3.63) is 51.3 Å². The van der Waals surface area contributed by atoms with Crippen molar-refractivity contribution in [2.75, 3.05) is 20.6 Å². The zero-order valence-corrected chi connectivity index (χ0v) is 19.7. The number of nitrogens with one attached hydrogen (secondary N) is 1. The third kappa shape index (κ3) is 6.14. The Bertz CT molecular complexity index is 928. The first kappa shape index (κ1) is 22.6. The molecule has 10 heteroatoms. The maximum absolute atomic E-state index is 6.01. The van der Waals surface area contributed by atoms with Gasteiger partial charge in [-0.3, -0.25) is 4.99 Å². The summed E-state index contributed by atoms with van der Waals surface area (Å²) in [6, 6.07) is 7.38. The van der Waals surface area contributed by atoms with Gasteiger partial charge in [-0.15, -0.1) is 35.3 Å². The van der Waals surface area contributed by atoms with Gasteiger partial charge in [-0.05, 0) is 19.1 Å². The standard InChI is InChI=1S/C18H21ClN6OS.HI/c1-12-22-15(11-27-12)10-25(3)18(20-2)21-8-7-16-23-17(24-26-16)13-5-4-6-14(19)9-13;/h4-6,9,11H,7-8,10H2,1-3H3,(H,20,21);1H. The number of nitrogens with zero attached hydrogens (tertiary/aromatic N) is 5. The highest BCUT2D eigenvalue weighted by Gasteiger charge is 2.11. The third-order valence-corrected chi connectivity index (χ3v) is 4.87. The normalized spacial score (nSPS) is 11.2. The Hall–Kier alpha value is -1.72. The summed E-state index contributed by atoms with van der Waals surface area (Å²) in [7, 11) is 3.74. The van der Waals surface area contributed by atoms with Crippen LogP contribution in [0.25, 0.3) is 11.4 Å². The van der Waals surface area contributed by atoms with Crippen LogP contribution < -0.4 is 5.32 Å². The number of halogens is 2. The molecule has 0 radical (unpaired) electrons. The van der Waals surface area contributed by atoms with Gasteiger partial charge in [0.1, 0.15) is 0 Å². The number of guanidine groups is 1. The Morgan fingerprint density at radius 2 is 2.18 bits per heavy atom. The van der Waals surface area contributed by atoms with E-state index in [-0.39, 0.29) is 24.0 Å². The number of hydrogen-bond donors (Lipinski definition) is 1. The lowest BCUT2D eigenvalue weighted by atomic mass is 10.2. The van der Waals surface area contributed by atoms with Gasteiger partial charge >= 0.3 is 0 Å². The number of rotatable bonds is 6. The Labute approximate surface area is 190 Å². The second kappa shape index (κ2) is 10.7. The minimum absolute atomic E-state index is 0. The maximum atomic E-state index is 6.01. The fourth-order valence-electron chi connectivity index (χ4n) is 2.57. The van der Waals surface area contributed by atoms with E-state index in [9.17, 15) is 0 Å². The van der Waals surface area contributed by atoms with Gasteiger partial charge in [0.15, 0.2) is 5.96 Å².